The molecule has 28 heavy (non-hydrogen) atoms. The Bertz CT molecular complexity index is 862. The van der Waals surface area contributed by atoms with Crippen molar-refractivity contribution in [2.24, 2.45) is 5.92 Å². The Labute approximate surface area is 167 Å². The van der Waals surface area contributed by atoms with Crippen molar-refractivity contribution in [1.82, 2.24) is 9.88 Å². The minimum Gasteiger partial charge on any atom is -0.325 e. The topological polar surface area (TPSA) is 62.3 Å². The van der Waals surface area contributed by atoms with Gasteiger partial charge < -0.3 is 10.2 Å². The number of halogens is 1. The number of hydrogen-bond acceptors (Lipinski definition) is 3. The maximum Gasteiger partial charge on any atom is 0.321 e. The first-order valence-electron chi connectivity index (χ1n) is 9.43. The van der Waals surface area contributed by atoms with E-state index < -0.39 is 15.5 Å². The quantitative estimate of drug-likeness (QED) is 0.825. The third-order valence-electron chi connectivity index (χ3n) is 5.42. The van der Waals surface area contributed by atoms with E-state index in [4.69, 9.17) is 0 Å². The SMILES string of the molecule is Cc1ccc(NC(=O)N2CCC(C(C)(C)S(=O)c3cccc(F)c3)CC2)cn1. The van der Waals surface area contributed by atoms with Gasteiger partial charge in [-0.25, -0.2) is 9.18 Å². The van der Waals surface area contributed by atoms with E-state index in [1.165, 1.54) is 12.1 Å². The summed E-state index contributed by atoms with van der Waals surface area (Å²) >= 11 is 0. The lowest BCUT2D eigenvalue weighted by molar-refractivity contribution is 0.172. The molecule has 2 amide bonds. The first-order valence-corrected chi connectivity index (χ1v) is 10.6. The molecule has 0 radical (unpaired) electrons. The molecule has 1 aliphatic heterocycles. The van der Waals surface area contributed by atoms with E-state index in [2.05, 4.69) is 10.3 Å². The highest BCUT2D eigenvalue weighted by Crippen LogP contribution is 2.35. The fourth-order valence-corrected chi connectivity index (χ4v) is 5.13. The number of aryl methyl sites for hydroxylation is 1. The molecule has 1 N–H and O–H groups in total. The number of aromatic nitrogens is 1. The van der Waals surface area contributed by atoms with Crippen molar-refractivity contribution in [1.29, 1.82) is 0 Å². The number of nitrogens with zero attached hydrogens (tertiary/aromatic N) is 2. The average molecular weight is 404 g/mol. The molecule has 0 spiro atoms. The lowest BCUT2D eigenvalue weighted by Crippen LogP contribution is -2.47. The van der Waals surface area contributed by atoms with Gasteiger partial charge in [0.15, 0.2) is 0 Å². The average Bonchev–Trinajstić information content (AvgIpc) is 2.69. The second kappa shape index (κ2) is 8.39. The van der Waals surface area contributed by atoms with Gasteiger partial charge in [-0.05, 0) is 69.9 Å². The van der Waals surface area contributed by atoms with Crippen molar-refractivity contribution in [3.05, 3.63) is 54.1 Å². The van der Waals surface area contributed by atoms with Crippen LogP contribution in [0.3, 0.4) is 0 Å². The normalized spacial score (nSPS) is 16.6. The van der Waals surface area contributed by atoms with Gasteiger partial charge in [0.05, 0.1) is 22.7 Å². The number of carbonyl (C=O) groups is 1. The second-order valence-corrected chi connectivity index (χ2v) is 9.77. The number of likely N-dealkylation sites (tertiary alicyclic amines) is 1. The van der Waals surface area contributed by atoms with Gasteiger partial charge in [-0.15, -0.1) is 0 Å². The van der Waals surface area contributed by atoms with Gasteiger partial charge in [0.25, 0.3) is 0 Å². The molecule has 1 atom stereocenters. The highest BCUT2D eigenvalue weighted by Gasteiger charge is 2.38. The molecule has 2 heterocycles. The summed E-state index contributed by atoms with van der Waals surface area (Å²) in [5.74, 6) is -0.194. The summed E-state index contributed by atoms with van der Waals surface area (Å²) < 4.78 is 26.1. The largest absolute Gasteiger partial charge is 0.325 e. The molecule has 1 aromatic heterocycles. The molecular formula is C21H26FN3O2S. The Balaban J connectivity index is 1.60. The molecule has 1 unspecified atom stereocenters. The number of hydrogen-bond donors (Lipinski definition) is 1. The van der Waals surface area contributed by atoms with E-state index in [-0.39, 0.29) is 17.8 Å². The van der Waals surface area contributed by atoms with Crippen molar-refractivity contribution >= 4 is 22.5 Å². The van der Waals surface area contributed by atoms with Crippen LogP contribution in [0.2, 0.25) is 0 Å². The number of amides is 2. The number of anilines is 1. The number of nitrogens with one attached hydrogen (secondary N) is 1. The molecule has 0 bridgehead atoms. The van der Waals surface area contributed by atoms with Gasteiger partial charge in [-0.3, -0.25) is 9.19 Å². The van der Waals surface area contributed by atoms with E-state index in [0.717, 1.165) is 18.5 Å². The minimum absolute atomic E-state index is 0.145. The lowest BCUT2D eigenvalue weighted by Gasteiger charge is -2.40. The Morgan fingerprint density at radius 2 is 1.96 bits per heavy atom. The van der Waals surface area contributed by atoms with Gasteiger partial charge in [0, 0.05) is 28.4 Å². The summed E-state index contributed by atoms with van der Waals surface area (Å²) in [6, 6.07) is 9.53. The van der Waals surface area contributed by atoms with Crippen LogP contribution >= 0.6 is 0 Å². The highest BCUT2D eigenvalue weighted by molar-refractivity contribution is 7.86. The van der Waals surface area contributed by atoms with Gasteiger partial charge >= 0.3 is 6.03 Å². The highest BCUT2D eigenvalue weighted by atomic mass is 32.2. The zero-order chi connectivity index (χ0) is 20.3. The van der Waals surface area contributed by atoms with Gasteiger partial charge in [-0.2, -0.15) is 0 Å². The zero-order valence-corrected chi connectivity index (χ0v) is 17.3. The van der Waals surface area contributed by atoms with E-state index in [1.807, 2.05) is 32.9 Å². The molecule has 1 aliphatic rings. The van der Waals surface area contributed by atoms with Crippen molar-refractivity contribution < 1.29 is 13.4 Å². The predicted molar refractivity (Wildman–Crippen MR) is 109 cm³/mol. The Morgan fingerprint density at radius 3 is 2.57 bits per heavy atom. The van der Waals surface area contributed by atoms with E-state index in [1.54, 1.807) is 23.2 Å². The number of carbonyl (C=O) groups excluding carboxylic acids is 1. The third-order valence-corrected chi connectivity index (χ3v) is 7.39. The fraction of sp³-hybridized carbons (Fsp3) is 0.429. The van der Waals surface area contributed by atoms with Crippen LogP contribution in [-0.2, 0) is 10.8 Å². The van der Waals surface area contributed by atoms with Crippen LogP contribution < -0.4 is 5.32 Å². The van der Waals surface area contributed by atoms with Crippen LogP contribution in [0.15, 0.2) is 47.5 Å². The van der Waals surface area contributed by atoms with Crippen LogP contribution in [0.4, 0.5) is 14.9 Å². The van der Waals surface area contributed by atoms with Crippen molar-refractivity contribution in [2.45, 2.75) is 43.3 Å². The van der Waals surface area contributed by atoms with Crippen LogP contribution in [0.1, 0.15) is 32.4 Å². The summed E-state index contributed by atoms with van der Waals surface area (Å²) in [7, 11) is -1.32. The predicted octanol–water partition coefficient (Wildman–Crippen LogP) is 4.36. The molecule has 1 fully saturated rings. The first-order chi connectivity index (χ1) is 13.3. The Morgan fingerprint density at radius 1 is 1.25 bits per heavy atom. The zero-order valence-electron chi connectivity index (χ0n) is 16.4. The monoisotopic (exact) mass is 403 g/mol. The Kier molecular flexibility index (Phi) is 6.13. The minimum atomic E-state index is -1.32. The molecule has 1 aromatic carbocycles. The van der Waals surface area contributed by atoms with E-state index in [0.29, 0.717) is 23.7 Å². The molecule has 5 nitrogen and oxygen atoms in total. The summed E-state index contributed by atoms with van der Waals surface area (Å²) in [5, 5.41) is 2.87. The van der Waals surface area contributed by atoms with Crippen LogP contribution in [-0.4, -0.2) is 38.0 Å². The standard InChI is InChI=1S/C21H26FN3O2S/c1-15-7-8-18(14-23-15)24-20(26)25-11-9-16(10-12-25)21(2,3)28(27)19-6-4-5-17(22)13-19/h4-8,13-14,16H,9-12H2,1-3H3,(H,24,26). The van der Waals surface area contributed by atoms with Crippen molar-refractivity contribution in [3.63, 3.8) is 0 Å². The fourth-order valence-electron chi connectivity index (χ4n) is 3.56. The summed E-state index contributed by atoms with van der Waals surface area (Å²) in [4.78, 5) is 19.0. The molecule has 1 saturated heterocycles. The maximum absolute atomic E-state index is 13.5. The molecular weight excluding hydrogens is 377 g/mol. The summed E-state index contributed by atoms with van der Waals surface area (Å²) in [6.07, 6.45) is 3.16. The maximum atomic E-state index is 13.5. The molecule has 0 saturated carbocycles. The van der Waals surface area contributed by atoms with Crippen LogP contribution in [0.5, 0.6) is 0 Å². The molecule has 7 heteroatoms. The Hall–Kier alpha value is -2.28. The van der Waals surface area contributed by atoms with Crippen molar-refractivity contribution in [3.8, 4) is 0 Å². The molecule has 150 valence electrons. The second-order valence-electron chi connectivity index (χ2n) is 7.71. The van der Waals surface area contributed by atoms with Crippen molar-refractivity contribution in [2.75, 3.05) is 18.4 Å². The van der Waals surface area contributed by atoms with Crippen LogP contribution in [0, 0.1) is 18.7 Å². The molecule has 0 aliphatic carbocycles. The number of benzene rings is 1. The number of rotatable bonds is 4. The smallest absolute Gasteiger partial charge is 0.321 e. The summed E-state index contributed by atoms with van der Waals surface area (Å²) in [6.45, 7) is 7.02. The first kappa shape index (κ1) is 20.5. The third kappa shape index (κ3) is 4.58. The van der Waals surface area contributed by atoms with Gasteiger partial charge in [0.1, 0.15) is 5.82 Å². The number of urea groups is 1. The lowest BCUT2D eigenvalue weighted by atomic mass is 9.86. The van der Waals surface area contributed by atoms with Gasteiger partial charge in [-0.1, -0.05) is 6.07 Å². The van der Waals surface area contributed by atoms with E-state index >= 15 is 0 Å². The number of pyridine rings is 1. The van der Waals surface area contributed by atoms with Gasteiger partial charge in [0.2, 0.25) is 0 Å². The van der Waals surface area contributed by atoms with Crippen LogP contribution in [0.25, 0.3) is 0 Å². The molecule has 2 aromatic rings. The number of piperidine rings is 1. The van der Waals surface area contributed by atoms with E-state index in [9.17, 15) is 13.4 Å². The summed E-state index contributed by atoms with van der Waals surface area (Å²) in [5.41, 5.74) is 1.57. The molecule has 3 rings (SSSR count).